The maximum Gasteiger partial charge on any atom is 0.408 e. The molecule has 7 nitrogen and oxygen atoms in total. The van der Waals surface area contributed by atoms with Crippen molar-refractivity contribution >= 4 is 22.0 Å². The molecular formula is C18H30N2O5S. The third kappa shape index (κ3) is 6.82. The monoisotopic (exact) mass is 386 g/mol. The second kappa shape index (κ2) is 8.70. The minimum atomic E-state index is -3.77. The lowest BCUT2D eigenvalue weighted by molar-refractivity contribution is -0.122. The second-order valence-corrected chi connectivity index (χ2v) is 9.37. The van der Waals surface area contributed by atoms with Gasteiger partial charge < -0.3 is 10.1 Å². The van der Waals surface area contributed by atoms with Crippen LogP contribution in [0.3, 0.4) is 0 Å². The molecule has 8 heteroatoms. The van der Waals surface area contributed by atoms with Crippen molar-refractivity contribution in [3.05, 3.63) is 25.3 Å². The lowest BCUT2D eigenvalue weighted by atomic mass is 10.2. The van der Waals surface area contributed by atoms with Crippen molar-refractivity contribution < 1.29 is 22.7 Å². The molecule has 0 spiro atoms. The van der Waals surface area contributed by atoms with Crippen LogP contribution in [-0.4, -0.2) is 37.3 Å². The van der Waals surface area contributed by atoms with Crippen LogP contribution in [0.5, 0.6) is 0 Å². The van der Waals surface area contributed by atoms with Crippen LogP contribution in [0.4, 0.5) is 4.79 Å². The van der Waals surface area contributed by atoms with E-state index < -0.39 is 33.2 Å². The van der Waals surface area contributed by atoms with Gasteiger partial charge in [0.1, 0.15) is 11.1 Å². The normalized spacial score (nSPS) is 22.2. The molecule has 2 N–H and O–H groups in total. The van der Waals surface area contributed by atoms with Gasteiger partial charge in [0.2, 0.25) is 10.0 Å². The molecule has 26 heavy (non-hydrogen) atoms. The predicted molar refractivity (Wildman–Crippen MR) is 101 cm³/mol. The van der Waals surface area contributed by atoms with E-state index in [2.05, 4.69) is 23.2 Å². The third-order valence-corrected chi connectivity index (χ3v) is 5.32. The van der Waals surface area contributed by atoms with E-state index in [0.717, 1.165) is 19.3 Å². The molecule has 1 unspecified atom stereocenters. The van der Waals surface area contributed by atoms with Crippen LogP contribution in [0.15, 0.2) is 25.3 Å². The average molecular weight is 387 g/mol. The fraction of sp³-hybridized carbons (Fsp3) is 0.667. The molecule has 0 bridgehead atoms. The van der Waals surface area contributed by atoms with Gasteiger partial charge in [-0.25, -0.2) is 13.2 Å². The zero-order valence-corrected chi connectivity index (χ0v) is 16.7. The second-order valence-electron chi connectivity index (χ2n) is 7.53. The highest BCUT2D eigenvalue weighted by molar-refractivity contribution is 7.90. The van der Waals surface area contributed by atoms with E-state index in [-0.39, 0.29) is 18.1 Å². The predicted octanol–water partition coefficient (Wildman–Crippen LogP) is 2.65. The molecule has 0 heterocycles. The van der Waals surface area contributed by atoms with Gasteiger partial charge in [0.05, 0.1) is 5.75 Å². The summed E-state index contributed by atoms with van der Waals surface area (Å²) in [7, 11) is -3.77. The number of hydrogen-bond donors (Lipinski definition) is 2. The first-order valence-corrected chi connectivity index (χ1v) is 10.4. The molecule has 2 atom stereocenters. The van der Waals surface area contributed by atoms with Crippen LogP contribution in [0.2, 0.25) is 0 Å². The summed E-state index contributed by atoms with van der Waals surface area (Å²) in [6.07, 6.45) is 5.70. The Morgan fingerprint density at radius 3 is 2.38 bits per heavy atom. The van der Waals surface area contributed by atoms with Crippen molar-refractivity contribution in [1.82, 2.24) is 10.0 Å². The van der Waals surface area contributed by atoms with E-state index in [1.54, 1.807) is 26.8 Å². The molecule has 1 aliphatic rings. The molecule has 0 radical (unpaired) electrons. The van der Waals surface area contributed by atoms with E-state index in [1.807, 2.05) is 0 Å². The van der Waals surface area contributed by atoms with Crippen LogP contribution in [0, 0.1) is 5.92 Å². The van der Waals surface area contributed by atoms with Gasteiger partial charge in [0.25, 0.3) is 5.91 Å². The van der Waals surface area contributed by atoms with Gasteiger partial charge in [-0.3, -0.25) is 9.52 Å². The lowest BCUT2D eigenvalue weighted by Crippen LogP contribution is -2.53. The lowest BCUT2D eigenvalue weighted by Gasteiger charge is -2.23. The van der Waals surface area contributed by atoms with Crippen LogP contribution in [0.1, 0.15) is 52.9 Å². The molecule has 0 aromatic heterocycles. The maximum atomic E-state index is 12.5. The molecule has 1 rings (SSSR count). The van der Waals surface area contributed by atoms with E-state index >= 15 is 0 Å². The molecule has 0 aliphatic heterocycles. The van der Waals surface area contributed by atoms with Crippen molar-refractivity contribution in [1.29, 1.82) is 0 Å². The zero-order valence-electron chi connectivity index (χ0n) is 15.8. The summed E-state index contributed by atoms with van der Waals surface area (Å²) in [5.41, 5.74) is -2.04. The summed E-state index contributed by atoms with van der Waals surface area (Å²) in [5, 5.41) is 2.51. The molecular weight excluding hydrogens is 356 g/mol. The zero-order chi connectivity index (χ0) is 20.0. The summed E-state index contributed by atoms with van der Waals surface area (Å²) in [6.45, 7) is 12.3. The minimum absolute atomic E-state index is 0.142. The maximum absolute atomic E-state index is 12.5. The Labute approximate surface area is 156 Å². The Morgan fingerprint density at radius 2 is 1.88 bits per heavy atom. The number of sulfonamides is 1. The Balaban J connectivity index is 2.67. The van der Waals surface area contributed by atoms with E-state index in [9.17, 15) is 18.0 Å². The number of ether oxygens (including phenoxy) is 1. The van der Waals surface area contributed by atoms with E-state index in [1.165, 1.54) is 6.08 Å². The molecule has 1 saturated carbocycles. The quantitative estimate of drug-likeness (QED) is 0.444. The van der Waals surface area contributed by atoms with Crippen LogP contribution >= 0.6 is 0 Å². The first kappa shape index (κ1) is 22.2. The minimum Gasteiger partial charge on any atom is -0.444 e. The third-order valence-electron chi connectivity index (χ3n) is 4.00. The number of hydrogen-bond acceptors (Lipinski definition) is 5. The van der Waals surface area contributed by atoms with E-state index in [0.29, 0.717) is 6.42 Å². The van der Waals surface area contributed by atoms with Gasteiger partial charge in [0, 0.05) is 5.92 Å². The van der Waals surface area contributed by atoms with Gasteiger partial charge in [-0.15, -0.1) is 13.2 Å². The van der Waals surface area contributed by atoms with Crippen molar-refractivity contribution in [2.45, 2.75) is 64.0 Å². The molecule has 1 aliphatic carbocycles. The number of rotatable bonds is 10. The molecule has 0 aromatic carbocycles. The Kier molecular flexibility index (Phi) is 7.44. The summed E-state index contributed by atoms with van der Waals surface area (Å²) < 4.78 is 31.5. The largest absolute Gasteiger partial charge is 0.444 e. The highest BCUT2D eigenvalue weighted by Gasteiger charge is 2.61. The Bertz CT molecular complexity index is 651. The number of amides is 2. The molecule has 0 saturated heterocycles. The number of unbranched alkanes of at least 4 members (excludes halogenated alkanes) is 3. The number of alkyl carbamates (subject to hydrolysis) is 1. The summed E-state index contributed by atoms with van der Waals surface area (Å²) in [6, 6.07) is 0. The smallest absolute Gasteiger partial charge is 0.408 e. The number of nitrogens with one attached hydrogen (secondary N) is 2. The summed E-state index contributed by atoms with van der Waals surface area (Å²) in [4.78, 5) is 24.5. The van der Waals surface area contributed by atoms with Gasteiger partial charge in [-0.2, -0.15) is 0 Å². The van der Waals surface area contributed by atoms with Crippen LogP contribution in [-0.2, 0) is 19.6 Å². The Morgan fingerprint density at radius 1 is 1.23 bits per heavy atom. The number of allylic oxidation sites excluding steroid dienone is 1. The SMILES string of the molecule is C=CCCCCCS(=O)(=O)NC(=O)[C@@]1(NC(=O)OC(C)(C)C)CC1C=C. The van der Waals surface area contributed by atoms with Crippen LogP contribution < -0.4 is 10.0 Å². The number of carbonyl (C=O) groups is 2. The van der Waals surface area contributed by atoms with Gasteiger partial charge in [-0.1, -0.05) is 18.6 Å². The van der Waals surface area contributed by atoms with Crippen molar-refractivity contribution in [3.63, 3.8) is 0 Å². The fourth-order valence-corrected chi connectivity index (χ4v) is 3.71. The summed E-state index contributed by atoms with van der Waals surface area (Å²) in [5.74, 6) is -1.23. The topological polar surface area (TPSA) is 102 Å². The first-order valence-electron chi connectivity index (χ1n) is 8.75. The van der Waals surface area contributed by atoms with Gasteiger partial charge in [0.15, 0.2) is 0 Å². The number of carbonyl (C=O) groups excluding carboxylic acids is 2. The average Bonchev–Trinajstić information content (AvgIpc) is 3.19. The van der Waals surface area contributed by atoms with E-state index in [4.69, 9.17) is 4.74 Å². The molecule has 148 valence electrons. The highest BCUT2D eigenvalue weighted by Crippen LogP contribution is 2.44. The molecule has 1 fully saturated rings. The van der Waals surface area contributed by atoms with Crippen molar-refractivity contribution in [2.24, 2.45) is 5.92 Å². The molecule has 0 aromatic rings. The van der Waals surface area contributed by atoms with Crippen molar-refractivity contribution in [2.75, 3.05) is 5.75 Å². The summed E-state index contributed by atoms with van der Waals surface area (Å²) >= 11 is 0. The van der Waals surface area contributed by atoms with Gasteiger partial charge in [-0.05, 0) is 46.5 Å². The van der Waals surface area contributed by atoms with Gasteiger partial charge >= 0.3 is 6.09 Å². The molecule has 2 amide bonds. The fourth-order valence-electron chi connectivity index (χ4n) is 2.56. The van der Waals surface area contributed by atoms with Crippen LogP contribution in [0.25, 0.3) is 0 Å². The first-order chi connectivity index (χ1) is 12.0. The Hall–Kier alpha value is -1.83. The van der Waals surface area contributed by atoms with Crippen molar-refractivity contribution in [3.8, 4) is 0 Å². The highest BCUT2D eigenvalue weighted by atomic mass is 32.2. The standard InChI is InChI=1S/C18H30N2O5S/c1-6-8-9-10-11-12-26(23,24)20-15(21)18(13-14(18)7-2)19-16(22)25-17(3,4)5/h6-7,14H,1-2,8-13H2,3-5H3,(H,19,22)(H,20,21)/t14?,18-/m1/s1.